The first-order valence-electron chi connectivity index (χ1n) is 11.3. The van der Waals surface area contributed by atoms with E-state index in [1.54, 1.807) is 13.0 Å². The summed E-state index contributed by atoms with van der Waals surface area (Å²) in [6.07, 6.45) is -0.670. The number of rotatable bonds is 6. The average Bonchev–Trinajstić information content (AvgIpc) is 3.20. The molecule has 1 atom stereocenters. The SMILES string of the molecule is CC(Oc1ccc(C(C)C)cc1)C(=O)Nc1nc2ccc(C(=O)N3CCN(C)CC3)cc2s1. The number of nitrogens with zero attached hydrogens (tertiary/aromatic N) is 3. The number of piperazine rings is 1. The number of anilines is 1. The van der Waals surface area contributed by atoms with E-state index < -0.39 is 6.10 Å². The van der Waals surface area contributed by atoms with E-state index in [0.29, 0.717) is 22.4 Å². The molecule has 1 N–H and O–H groups in total. The molecule has 2 amide bonds. The molecule has 0 saturated carbocycles. The van der Waals surface area contributed by atoms with E-state index >= 15 is 0 Å². The summed E-state index contributed by atoms with van der Waals surface area (Å²) in [5.41, 5.74) is 2.62. The third-order valence-corrected chi connectivity index (χ3v) is 6.82. The molecule has 1 unspecified atom stereocenters. The van der Waals surface area contributed by atoms with Gasteiger partial charge < -0.3 is 14.5 Å². The second kappa shape index (κ2) is 9.89. The molecule has 4 rings (SSSR count). The standard InChI is InChI=1S/C25H30N4O3S/c1-16(2)18-5-8-20(9-6-18)32-17(3)23(30)27-25-26-21-10-7-19(15-22(21)33-25)24(31)29-13-11-28(4)12-14-29/h5-10,15-17H,11-14H2,1-4H3,(H,26,27,30). The summed E-state index contributed by atoms with van der Waals surface area (Å²) in [5, 5.41) is 3.33. The summed E-state index contributed by atoms with van der Waals surface area (Å²) < 4.78 is 6.66. The predicted molar refractivity (Wildman–Crippen MR) is 132 cm³/mol. The molecule has 174 valence electrons. The van der Waals surface area contributed by atoms with E-state index in [4.69, 9.17) is 4.74 Å². The lowest BCUT2D eigenvalue weighted by Gasteiger charge is -2.32. The zero-order valence-electron chi connectivity index (χ0n) is 19.5. The van der Waals surface area contributed by atoms with Gasteiger partial charge in [0.1, 0.15) is 5.75 Å². The van der Waals surface area contributed by atoms with Crippen LogP contribution in [0.15, 0.2) is 42.5 Å². The summed E-state index contributed by atoms with van der Waals surface area (Å²) in [6.45, 7) is 9.21. The number of fused-ring (bicyclic) bond motifs is 1. The Bertz CT molecular complexity index is 1130. The van der Waals surface area contributed by atoms with Crippen LogP contribution in [-0.2, 0) is 4.79 Å². The quantitative estimate of drug-likeness (QED) is 0.589. The van der Waals surface area contributed by atoms with Crippen LogP contribution in [0.25, 0.3) is 10.2 Å². The number of carbonyl (C=O) groups is 2. The maximum Gasteiger partial charge on any atom is 0.266 e. The summed E-state index contributed by atoms with van der Waals surface area (Å²) in [4.78, 5) is 34.1. The first kappa shape index (κ1) is 23.2. The first-order valence-corrected chi connectivity index (χ1v) is 12.1. The molecule has 8 heteroatoms. The van der Waals surface area contributed by atoms with Crippen LogP contribution in [0.3, 0.4) is 0 Å². The van der Waals surface area contributed by atoms with Crippen LogP contribution in [0.4, 0.5) is 5.13 Å². The van der Waals surface area contributed by atoms with Crippen LogP contribution >= 0.6 is 11.3 Å². The van der Waals surface area contributed by atoms with Crippen LogP contribution in [0.1, 0.15) is 42.6 Å². The Morgan fingerprint density at radius 2 is 1.73 bits per heavy atom. The molecular formula is C25H30N4O3S. The van der Waals surface area contributed by atoms with Gasteiger partial charge in [0, 0.05) is 31.7 Å². The lowest BCUT2D eigenvalue weighted by Crippen LogP contribution is -2.47. The van der Waals surface area contributed by atoms with Gasteiger partial charge in [-0.25, -0.2) is 4.98 Å². The summed E-state index contributed by atoms with van der Waals surface area (Å²) in [6, 6.07) is 13.3. The van der Waals surface area contributed by atoms with Gasteiger partial charge in [0.05, 0.1) is 10.2 Å². The van der Waals surface area contributed by atoms with Gasteiger partial charge in [-0.05, 0) is 55.8 Å². The lowest BCUT2D eigenvalue weighted by molar-refractivity contribution is -0.122. The molecule has 3 aromatic rings. The Labute approximate surface area is 198 Å². The van der Waals surface area contributed by atoms with Gasteiger partial charge in [0.25, 0.3) is 11.8 Å². The fraction of sp³-hybridized carbons (Fsp3) is 0.400. The van der Waals surface area contributed by atoms with Gasteiger partial charge in [-0.15, -0.1) is 0 Å². The van der Waals surface area contributed by atoms with Gasteiger partial charge in [-0.3, -0.25) is 14.9 Å². The number of hydrogen-bond acceptors (Lipinski definition) is 6. The van der Waals surface area contributed by atoms with Gasteiger partial charge in [0.2, 0.25) is 0 Å². The Morgan fingerprint density at radius 3 is 2.39 bits per heavy atom. The highest BCUT2D eigenvalue weighted by Gasteiger charge is 2.21. The third-order valence-electron chi connectivity index (χ3n) is 5.88. The van der Waals surface area contributed by atoms with Crippen molar-refractivity contribution in [1.82, 2.24) is 14.8 Å². The van der Waals surface area contributed by atoms with Crippen LogP contribution in [-0.4, -0.2) is 65.9 Å². The van der Waals surface area contributed by atoms with Crippen LogP contribution in [0.5, 0.6) is 5.75 Å². The highest BCUT2D eigenvalue weighted by Crippen LogP contribution is 2.28. The van der Waals surface area contributed by atoms with E-state index in [1.165, 1.54) is 16.9 Å². The second-order valence-electron chi connectivity index (χ2n) is 8.77. The van der Waals surface area contributed by atoms with Crippen molar-refractivity contribution in [2.45, 2.75) is 32.8 Å². The van der Waals surface area contributed by atoms with Crippen LogP contribution in [0, 0.1) is 0 Å². The maximum absolute atomic E-state index is 12.9. The third kappa shape index (κ3) is 5.51. The van der Waals surface area contributed by atoms with Gasteiger partial charge in [0.15, 0.2) is 11.2 Å². The molecule has 2 heterocycles. The number of benzene rings is 2. The average molecular weight is 467 g/mol. The van der Waals surface area contributed by atoms with E-state index in [9.17, 15) is 9.59 Å². The maximum atomic E-state index is 12.9. The number of nitrogens with one attached hydrogen (secondary N) is 1. The highest BCUT2D eigenvalue weighted by molar-refractivity contribution is 7.22. The van der Waals surface area contributed by atoms with Crippen molar-refractivity contribution in [3.8, 4) is 5.75 Å². The number of amides is 2. The number of carbonyl (C=O) groups excluding carboxylic acids is 2. The lowest BCUT2D eigenvalue weighted by atomic mass is 10.0. The fourth-order valence-electron chi connectivity index (χ4n) is 3.70. The predicted octanol–water partition coefficient (Wildman–Crippen LogP) is 4.21. The molecule has 1 aliphatic rings. The van der Waals surface area contributed by atoms with Crippen molar-refractivity contribution in [1.29, 1.82) is 0 Å². The van der Waals surface area contributed by atoms with Gasteiger partial charge in [-0.2, -0.15) is 0 Å². The van der Waals surface area contributed by atoms with Gasteiger partial charge >= 0.3 is 0 Å². The zero-order chi connectivity index (χ0) is 23.5. The highest BCUT2D eigenvalue weighted by atomic mass is 32.1. The Kier molecular flexibility index (Phi) is 6.95. The number of ether oxygens (including phenoxy) is 1. The molecule has 0 aliphatic carbocycles. The molecule has 33 heavy (non-hydrogen) atoms. The molecule has 1 fully saturated rings. The van der Waals surface area contributed by atoms with Crippen molar-refractivity contribution in [3.63, 3.8) is 0 Å². The normalized spacial score (nSPS) is 15.6. The van der Waals surface area contributed by atoms with Crippen molar-refractivity contribution >= 4 is 38.5 Å². The number of likely N-dealkylation sites (N-methyl/N-ethyl adjacent to an activating group) is 1. The molecule has 1 aliphatic heterocycles. The summed E-state index contributed by atoms with van der Waals surface area (Å²) in [5.74, 6) is 0.861. The number of aromatic nitrogens is 1. The molecule has 0 spiro atoms. The first-order chi connectivity index (χ1) is 15.8. The van der Waals surface area contributed by atoms with E-state index in [-0.39, 0.29) is 11.8 Å². The minimum Gasteiger partial charge on any atom is -0.481 e. The molecule has 1 aromatic heterocycles. The molecular weight excluding hydrogens is 436 g/mol. The van der Waals surface area contributed by atoms with E-state index in [1.807, 2.05) is 41.3 Å². The van der Waals surface area contributed by atoms with Crippen LogP contribution in [0.2, 0.25) is 0 Å². The molecule has 2 aromatic carbocycles. The largest absolute Gasteiger partial charge is 0.481 e. The second-order valence-corrected chi connectivity index (χ2v) is 9.80. The topological polar surface area (TPSA) is 74.8 Å². The zero-order valence-corrected chi connectivity index (χ0v) is 20.3. The Balaban J connectivity index is 1.40. The molecule has 0 radical (unpaired) electrons. The Hall–Kier alpha value is -2.97. The smallest absolute Gasteiger partial charge is 0.266 e. The molecule has 7 nitrogen and oxygen atoms in total. The van der Waals surface area contributed by atoms with E-state index in [0.717, 1.165) is 36.4 Å². The monoisotopic (exact) mass is 466 g/mol. The van der Waals surface area contributed by atoms with Gasteiger partial charge in [-0.1, -0.05) is 37.3 Å². The van der Waals surface area contributed by atoms with Crippen molar-refractivity contribution in [3.05, 3.63) is 53.6 Å². The minimum absolute atomic E-state index is 0.0366. The van der Waals surface area contributed by atoms with Crippen molar-refractivity contribution in [2.75, 3.05) is 38.5 Å². The fourth-order valence-corrected chi connectivity index (χ4v) is 4.61. The molecule has 0 bridgehead atoms. The number of thiazole rings is 1. The van der Waals surface area contributed by atoms with Crippen molar-refractivity contribution in [2.24, 2.45) is 0 Å². The van der Waals surface area contributed by atoms with Crippen LogP contribution < -0.4 is 10.1 Å². The summed E-state index contributed by atoms with van der Waals surface area (Å²) >= 11 is 1.36. The minimum atomic E-state index is -0.670. The van der Waals surface area contributed by atoms with Crippen molar-refractivity contribution < 1.29 is 14.3 Å². The molecule has 1 saturated heterocycles. The number of hydrogen-bond donors (Lipinski definition) is 1. The Morgan fingerprint density at radius 1 is 1.03 bits per heavy atom. The summed E-state index contributed by atoms with van der Waals surface area (Å²) in [7, 11) is 2.06. The van der Waals surface area contributed by atoms with E-state index in [2.05, 4.69) is 36.1 Å².